The zero-order valence-electron chi connectivity index (χ0n) is 12.9. The van der Waals surface area contributed by atoms with Crippen LogP contribution in [0.5, 0.6) is 0 Å². The molecule has 1 N–H and O–H groups in total. The number of methoxy groups -OCH3 is 1. The highest BCUT2D eigenvalue weighted by atomic mass is 32.2. The normalized spacial score (nSPS) is 12.2. The van der Waals surface area contributed by atoms with Crippen molar-refractivity contribution < 1.29 is 26.3 Å². The van der Waals surface area contributed by atoms with E-state index in [1.54, 1.807) is 18.2 Å². The van der Waals surface area contributed by atoms with Gasteiger partial charge >= 0.3 is 6.18 Å². The molecular weight excluding hydrogens is 345 g/mol. The van der Waals surface area contributed by atoms with Crippen molar-refractivity contribution in [2.75, 3.05) is 11.8 Å². The van der Waals surface area contributed by atoms with Gasteiger partial charge in [0.15, 0.2) is 0 Å². The summed E-state index contributed by atoms with van der Waals surface area (Å²) in [4.78, 5) is 3.66. The Balaban J connectivity index is 2.35. The summed E-state index contributed by atoms with van der Waals surface area (Å²) in [6, 6.07) is 7.94. The van der Waals surface area contributed by atoms with Crippen LogP contribution >= 0.6 is 0 Å². The Labute approximate surface area is 137 Å². The van der Waals surface area contributed by atoms with Gasteiger partial charge in [0, 0.05) is 7.11 Å². The molecule has 24 heavy (non-hydrogen) atoms. The van der Waals surface area contributed by atoms with E-state index in [1.807, 2.05) is 0 Å². The number of anilines is 1. The number of aromatic nitrogens is 1. The minimum absolute atomic E-state index is 0.0220. The van der Waals surface area contributed by atoms with E-state index in [1.165, 1.54) is 20.1 Å². The third-order valence-corrected chi connectivity index (χ3v) is 4.65. The van der Waals surface area contributed by atoms with Gasteiger partial charge in [-0.15, -0.1) is 0 Å². The summed E-state index contributed by atoms with van der Waals surface area (Å²) in [6.45, 7) is 1.25. The predicted octanol–water partition coefficient (Wildman–Crippen LogP) is 3.36. The SMILES string of the molecule is COCc1ccccc1S(=O)(=O)Nc1ccc(C(F)(F)F)c(C)n1. The van der Waals surface area contributed by atoms with Crippen LogP contribution < -0.4 is 4.72 Å². The number of aryl methyl sites for hydroxylation is 1. The Morgan fingerprint density at radius 2 is 1.83 bits per heavy atom. The van der Waals surface area contributed by atoms with Crippen molar-refractivity contribution in [3.05, 3.63) is 53.2 Å². The minimum Gasteiger partial charge on any atom is -0.380 e. The quantitative estimate of drug-likeness (QED) is 0.888. The fraction of sp³-hybridized carbons (Fsp3) is 0.267. The minimum atomic E-state index is -4.54. The van der Waals surface area contributed by atoms with Gasteiger partial charge in [-0.1, -0.05) is 18.2 Å². The molecule has 9 heteroatoms. The maximum Gasteiger partial charge on any atom is 0.418 e. The van der Waals surface area contributed by atoms with Crippen LogP contribution in [0.3, 0.4) is 0 Å². The van der Waals surface area contributed by atoms with Gasteiger partial charge in [-0.25, -0.2) is 13.4 Å². The maximum absolute atomic E-state index is 12.7. The molecule has 1 aromatic heterocycles. The molecule has 0 amide bonds. The number of sulfonamides is 1. The molecule has 2 aromatic rings. The summed E-state index contributed by atoms with van der Waals surface area (Å²) in [5.41, 5.74) is -0.797. The average molecular weight is 360 g/mol. The van der Waals surface area contributed by atoms with Gasteiger partial charge in [-0.05, 0) is 30.7 Å². The van der Waals surface area contributed by atoms with Crippen molar-refractivity contribution in [2.24, 2.45) is 0 Å². The Morgan fingerprint density at radius 3 is 2.42 bits per heavy atom. The molecular formula is C15H15F3N2O3S. The van der Waals surface area contributed by atoms with Crippen LogP contribution in [0.25, 0.3) is 0 Å². The van der Waals surface area contributed by atoms with Gasteiger partial charge in [-0.2, -0.15) is 13.2 Å². The number of benzene rings is 1. The summed E-state index contributed by atoms with van der Waals surface area (Å²) < 4.78 is 70.3. The number of halogens is 3. The Kier molecular flexibility index (Phi) is 5.14. The summed E-state index contributed by atoms with van der Waals surface area (Å²) in [6.07, 6.45) is -4.54. The van der Waals surface area contributed by atoms with Gasteiger partial charge < -0.3 is 4.74 Å². The van der Waals surface area contributed by atoms with E-state index in [9.17, 15) is 21.6 Å². The van der Waals surface area contributed by atoms with Gasteiger partial charge in [-0.3, -0.25) is 4.72 Å². The molecule has 0 radical (unpaired) electrons. The molecule has 0 aliphatic carbocycles. The smallest absolute Gasteiger partial charge is 0.380 e. The molecule has 5 nitrogen and oxygen atoms in total. The molecule has 1 heterocycles. The van der Waals surface area contributed by atoms with Crippen LogP contribution in [0.4, 0.5) is 19.0 Å². The van der Waals surface area contributed by atoms with Crippen LogP contribution in [0.2, 0.25) is 0 Å². The largest absolute Gasteiger partial charge is 0.418 e. The molecule has 1 aromatic carbocycles. The molecule has 0 unspecified atom stereocenters. The standard InChI is InChI=1S/C15H15F3N2O3S/c1-10-12(15(16,17)18)7-8-14(19-10)20-24(21,22)13-6-4-3-5-11(13)9-23-2/h3-8H,9H2,1-2H3,(H,19,20). The van der Waals surface area contributed by atoms with E-state index in [0.29, 0.717) is 5.56 Å². The molecule has 0 spiro atoms. The molecule has 0 fully saturated rings. The van der Waals surface area contributed by atoms with Crippen molar-refractivity contribution in [2.45, 2.75) is 24.6 Å². The van der Waals surface area contributed by atoms with Crippen molar-refractivity contribution in [3.8, 4) is 0 Å². The fourth-order valence-corrected chi connectivity index (χ4v) is 3.38. The van der Waals surface area contributed by atoms with E-state index in [0.717, 1.165) is 12.1 Å². The second-order valence-electron chi connectivity index (χ2n) is 4.97. The highest BCUT2D eigenvalue weighted by Gasteiger charge is 2.33. The van der Waals surface area contributed by atoms with Crippen molar-refractivity contribution in [3.63, 3.8) is 0 Å². The summed E-state index contributed by atoms with van der Waals surface area (Å²) in [7, 11) is -2.58. The number of hydrogen-bond donors (Lipinski definition) is 1. The Morgan fingerprint density at radius 1 is 1.17 bits per heavy atom. The number of alkyl halides is 3. The van der Waals surface area contributed by atoms with Crippen molar-refractivity contribution in [1.82, 2.24) is 4.98 Å². The topological polar surface area (TPSA) is 68.3 Å². The lowest BCUT2D eigenvalue weighted by molar-refractivity contribution is -0.138. The predicted molar refractivity (Wildman–Crippen MR) is 81.9 cm³/mol. The van der Waals surface area contributed by atoms with E-state index < -0.39 is 21.8 Å². The first-order valence-electron chi connectivity index (χ1n) is 6.79. The number of pyridine rings is 1. The van der Waals surface area contributed by atoms with Crippen molar-refractivity contribution >= 4 is 15.8 Å². The van der Waals surface area contributed by atoms with E-state index in [4.69, 9.17) is 4.74 Å². The first-order valence-corrected chi connectivity index (χ1v) is 8.28. The van der Waals surface area contributed by atoms with Crippen LogP contribution in [0, 0.1) is 6.92 Å². The van der Waals surface area contributed by atoms with Crippen LogP contribution in [-0.2, 0) is 27.5 Å². The van der Waals surface area contributed by atoms with Crippen LogP contribution in [-0.4, -0.2) is 20.5 Å². The van der Waals surface area contributed by atoms with Crippen LogP contribution in [0.1, 0.15) is 16.8 Å². The van der Waals surface area contributed by atoms with E-state index in [2.05, 4.69) is 9.71 Å². The van der Waals surface area contributed by atoms with Crippen molar-refractivity contribution in [1.29, 1.82) is 0 Å². The number of rotatable bonds is 5. The average Bonchev–Trinajstić information content (AvgIpc) is 2.46. The maximum atomic E-state index is 12.7. The molecule has 2 rings (SSSR count). The number of nitrogens with zero attached hydrogens (tertiary/aromatic N) is 1. The van der Waals surface area contributed by atoms with E-state index in [-0.39, 0.29) is 23.0 Å². The lowest BCUT2D eigenvalue weighted by Gasteiger charge is -2.13. The zero-order valence-corrected chi connectivity index (χ0v) is 13.7. The first-order chi connectivity index (χ1) is 11.1. The van der Waals surface area contributed by atoms with Crippen LogP contribution in [0.15, 0.2) is 41.3 Å². The highest BCUT2D eigenvalue weighted by molar-refractivity contribution is 7.92. The summed E-state index contributed by atoms with van der Waals surface area (Å²) in [5, 5.41) is 0. The van der Waals surface area contributed by atoms with E-state index >= 15 is 0 Å². The monoisotopic (exact) mass is 360 g/mol. The highest BCUT2D eigenvalue weighted by Crippen LogP contribution is 2.32. The third kappa shape index (κ3) is 4.04. The first kappa shape index (κ1) is 18.2. The summed E-state index contributed by atoms with van der Waals surface area (Å²) in [5.74, 6) is -0.187. The zero-order chi connectivity index (χ0) is 18.0. The third-order valence-electron chi connectivity index (χ3n) is 3.19. The molecule has 0 aliphatic heterocycles. The lowest BCUT2D eigenvalue weighted by Crippen LogP contribution is -2.17. The molecule has 0 saturated heterocycles. The van der Waals surface area contributed by atoms with Gasteiger partial charge in [0.05, 0.1) is 22.8 Å². The number of hydrogen-bond acceptors (Lipinski definition) is 4. The Bertz CT molecular complexity index is 836. The van der Waals surface area contributed by atoms with Gasteiger partial charge in [0.2, 0.25) is 0 Å². The summed E-state index contributed by atoms with van der Waals surface area (Å²) >= 11 is 0. The molecule has 130 valence electrons. The molecule has 0 bridgehead atoms. The second-order valence-corrected chi connectivity index (χ2v) is 6.62. The number of nitrogens with one attached hydrogen (secondary N) is 1. The second kappa shape index (κ2) is 6.78. The lowest BCUT2D eigenvalue weighted by atomic mass is 10.2. The molecule has 0 saturated carbocycles. The van der Waals surface area contributed by atoms with Gasteiger partial charge in [0.1, 0.15) is 5.82 Å². The van der Waals surface area contributed by atoms with Gasteiger partial charge in [0.25, 0.3) is 10.0 Å². The number of ether oxygens (including phenoxy) is 1. The Hall–Kier alpha value is -2.13. The molecule has 0 atom stereocenters. The fourth-order valence-electron chi connectivity index (χ4n) is 2.15. The molecule has 0 aliphatic rings.